The third kappa shape index (κ3) is 2.88. The molecule has 0 aliphatic carbocycles. The van der Waals surface area contributed by atoms with E-state index in [0.717, 1.165) is 17.7 Å². The van der Waals surface area contributed by atoms with E-state index in [9.17, 15) is 9.59 Å². The number of carbonyl (C=O) groups is 2. The molecule has 0 unspecified atom stereocenters. The Labute approximate surface area is 135 Å². The first-order valence-electron chi connectivity index (χ1n) is 7.70. The van der Waals surface area contributed by atoms with Gasteiger partial charge in [0.25, 0.3) is 11.8 Å². The standard InChI is InChI=1S/C19H18N2O2/c1-2-13-21-18(22)16(14-9-5-3-6-10-14)17(19(21)23)20-15-11-7-4-8-12-15/h3-12,20H,2,13H2,1H3. The normalized spacial score (nSPS) is 14.6. The largest absolute Gasteiger partial charge is 0.350 e. The molecule has 23 heavy (non-hydrogen) atoms. The molecule has 0 fully saturated rings. The molecule has 0 spiro atoms. The van der Waals surface area contributed by atoms with Crippen molar-refractivity contribution < 1.29 is 9.59 Å². The first kappa shape index (κ1) is 15.0. The number of anilines is 1. The molecule has 2 amide bonds. The predicted octanol–water partition coefficient (Wildman–Crippen LogP) is 3.29. The van der Waals surface area contributed by atoms with Crippen LogP contribution in [0.15, 0.2) is 66.4 Å². The van der Waals surface area contributed by atoms with Crippen LogP contribution in [-0.2, 0) is 9.59 Å². The summed E-state index contributed by atoms with van der Waals surface area (Å²) in [6, 6.07) is 18.7. The fourth-order valence-electron chi connectivity index (χ4n) is 2.66. The zero-order valence-corrected chi connectivity index (χ0v) is 13.0. The Balaban J connectivity index is 2.06. The van der Waals surface area contributed by atoms with E-state index >= 15 is 0 Å². The molecule has 0 saturated heterocycles. The second kappa shape index (κ2) is 6.48. The highest BCUT2D eigenvalue weighted by atomic mass is 16.2. The Kier molecular flexibility index (Phi) is 4.24. The molecule has 1 N–H and O–H groups in total. The number of amides is 2. The second-order valence-electron chi connectivity index (χ2n) is 5.37. The molecule has 0 atom stereocenters. The molecule has 0 radical (unpaired) electrons. The number of carbonyl (C=O) groups excluding carboxylic acids is 2. The lowest BCUT2D eigenvalue weighted by Crippen LogP contribution is -2.33. The zero-order chi connectivity index (χ0) is 16.2. The predicted molar refractivity (Wildman–Crippen MR) is 90.4 cm³/mol. The van der Waals surface area contributed by atoms with E-state index in [2.05, 4.69) is 5.32 Å². The summed E-state index contributed by atoms with van der Waals surface area (Å²) in [6.07, 6.45) is 0.734. The fourth-order valence-corrected chi connectivity index (χ4v) is 2.66. The van der Waals surface area contributed by atoms with Crippen molar-refractivity contribution in [1.82, 2.24) is 4.90 Å². The molecule has 4 nitrogen and oxygen atoms in total. The van der Waals surface area contributed by atoms with Crippen molar-refractivity contribution in [3.05, 3.63) is 71.9 Å². The minimum absolute atomic E-state index is 0.235. The van der Waals surface area contributed by atoms with Gasteiger partial charge in [-0.25, -0.2) is 0 Å². The Morgan fingerprint density at radius 2 is 1.48 bits per heavy atom. The molecule has 0 aromatic heterocycles. The zero-order valence-electron chi connectivity index (χ0n) is 13.0. The average Bonchev–Trinajstić information content (AvgIpc) is 2.81. The van der Waals surface area contributed by atoms with Crippen LogP contribution in [-0.4, -0.2) is 23.3 Å². The van der Waals surface area contributed by atoms with Gasteiger partial charge in [0.1, 0.15) is 5.70 Å². The third-order valence-corrected chi connectivity index (χ3v) is 3.72. The quantitative estimate of drug-likeness (QED) is 0.862. The summed E-state index contributed by atoms with van der Waals surface area (Å²) >= 11 is 0. The van der Waals surface area contributed by atoms with Crippen LogP contribution in [0.3, 0.4) is 0 Å². The van der Waals surface area contributed by atoms with Gasteiger partial charge in [-0.3, -0.25) is 14.5 Å². The van der Waals surface area contributed by atoms with E-state index in [-0.39, 0.29) is 11.8 Å². The van der Waals surface area contributed by atoms with Crippen LogP contribution >= 0.6 is 0 Å². The number of para-hydroxylation sites is 1. The summed E-state index contributed by atoms with van der Waals surface area (Å²) in [7, 11) is 0. The molecule has 1 heterocycles. The SMILES string of the molecule is CCCN1C(=O)C(Nc2ccccc2)=C(c2ccccc2)C1=O. The van der Waals surface area contributed by atoms with E-state index in [1.165, 1.54) is 4.90 Å². The van der Waals surface area contributed by atoms with Crippen molar-refractivity contribution in [3.8, 4) is 0 Å². The van der Waals surface area contributed by atoms with Gasteiger partial charge in [-0.1, -0.05) is 55.5 Å². The maximum atomic E-state index is 12.7. The van der Waals surface area contributed by atoms with E-state index < -0.39 is 0 Å². The van der Waals surface area contributed by atoms with Gasteiger partial charge in [0, 0.05) is 12.2 Å². The number of nitrogens with zero attached hydrogens (tertiary/aromatic N) is 1. The minimum atomic E-state index is -0.264. The monoisotopic (exact) mass is 306 g/mol. The molecule has 1 aliphatic rings. The van der Waals surface area contributed by atoms with Gasteiger partial charge in [-0.2, -0.15) is 0 Å². The Hall–Kier alpha value is -2.88. The van der Waals surface area contributed by atoms with E-state index in [1.807, 2.05) is 67.6 Å². The third-order valence-electron chi connectivity index (χ3n) is 3.72. The van der Waals surface area contributed by atoms with Crippen LogP contribution in [0.2, 0.25) is 0 Å². The molecule has 0 bridgehead atoms. The summed E-state index contributed by atoms with van der Waals surface area (Å²) in [5.41, 5.74) is 2.33. The second-order valence-corrected chi connectivity index (χ2v) is 5.37. The maximum absolute atomic E-state index is 12.7. The highest BCUT2D eigenvalue weighted by molar-refractivity contribution is 6.36. The molecule has 3 rings (SSSR count). The number of hydrogen-bond acceptors (Lipinski definition) is 3. The van der Waals surface area contributed by atoms with Crippen LogP contribution in [0, 0.1) is 0 Å². The smallest absolute Gasteiger partial charge is 0.278 e. The summed E-state index contributed by atoms with van der Waals surface area (Å²) in [4.78, 5) is 26.7. The Bertz CT molecular complexity index is 751. The molecule has 1 aliphatic heterocycles. The van der Waals surface area contributed by atoms with Crippen LogP contribution in [0.25, 0.3) is 5.57 Å². The van der Waals surface area contributed by atoms with Crippen molar-refractivity contribution in [3.63, 3.8) is 0 Å². The first-order chi connectivity index (χ1) is 11.2. The number of rotatable bonds is 5. The number of hydrogen-bond donors (Lipinski definition) is 1. The summed E-state index contributed by atoms with van der Waals surface area (Å²) in [5, 5.41) is 3.13. The van der Waals surface area contributed by atoms with Crippen LogP contribution < -0.4 is 5.32 Å². The lowest BCUT2D eigenvalue weighted by atomic mass is 10.0. The van der Waals surface area contributed by atoms with Crippen molar-refractivity contribution in [2.24, 2.45) is 0 Å². The summed E-state index contributed by atoms with van der Waals surface area (Å²) < 4.78 is 0. The fraction of sp³-hybridized carbons (Fsp3) is 0.158. The summed E-state index contributed by atoms with van der Waals surface area (Å²) in [6.45, 7) is 2.37. The van der Waals surface area contributed by atoms with Crippen LogP contribution in [0.5, 0.6) is 0 Å². The molecular formula is C19H18N2O2. The summed E-state index contributed by atoms with van der Waals surface area (Å²) in [5.74, 6) is -0.499. The molecular weight excluding hydrogens is 288 g/mol. The number of benzene rings is 2. The molecule has 0 saturated carbocycles. The van der Waals surface area contributed by atoms with Crippen molar-refractivity contribution in [1.29, 1.82) is 0 Å². The molecule has 4 heteroatoms. The average molecular weight is 306 g/mol. The van der Waals surface area contributed by atoms with Gasteiger partial charge >= 0.3 is 0 Å². The lowest BCUT2D eigenvalue weighted by Gasteiger charge is -2.13. The molecule has 2 aromatic rings. The lowest BCUT2D eigenvalue weighted by molar-refractivity contribution is -0.136. The van der Waals surface area contributed by atoms with E-state index in [0.29, 0.717) is 17.8 Å². The number of imide groups is 1. The topological polar surface area (TPSA) is 49.4 Å². The highest BCUT2D eigenvalue weighted by Crippen LogP contribution is 2.30. The maximum Gasteiger partial charge on any atom is 0.278 e. The Morgan fingerprint density at radius 1 is 0.870 bits per heavy atom. The van der Waals surface area contributed by atoms with Crippen molar-refractivity contribution in [2.75, 3.05) is 11.9 Å². The van der Waals surface area contributed by atoms with Crippen molar-refractivity contribution in [2.45, 2.75) is 13.3 Å². The van der Waals surface area contributed by atoms with Crippen LogP contribution in [0.1, 0.15) is 18.9 Å². The van der Waals surface area contributed by atoms with Gasteiger partial charge < -0.3 is 5.32 Å². The Morgan fingerprint density at radius 3 is 2.09 bits per heavy atom. The van der Waals surface area contributed by atoms with Gasteiger partial charge in [0.05, 0.1) is 5.57 Å². The van der Waals surface area contributed by atoms with Crippen molar-refractivity contribution >= 4 is 23.1 Å². The molecule has 2 aromatic carbocycles. The number of nitrogens with one attached hydrogen (secondary N) is 1. The van der Waals surface area contributed by atoms with E-state index in [1.54, 1.807) is 0 Å². The highest BCUT2D eigenvalue weighted by Gasteiger charge is 2.38. The van der Waals surface area contributed by atoms with Gasteiger partial charge in [-0.15, -0.1) is 0 Å². The minimum Gasteiger partial charge on any atom is -0.350 e. The van der Waals surface area contributed by atoms with Gasteiger partial charge in [0.15, 0.2) is 0 Å². The van der Waals surface area contributed by atoms with Gasteiger partial charge in [-0.05, 0) is 24.1 Å². The first-order valence-corrected chi connectivity index (χ1v) is 7.70. The van der Waals surface area contributed by atoms with Gasteiger partial charge in [0.2, 0.25) is 0 Å². The molecule has 116 valence electrons. The van der Waals surface area contributed by atoms with E-state index in [4.69, 9.17) is 0 Å². The van der Waals surface area contributed by atoms with Crippen LogP contribution in [0.4, 0.5) is 5.69 Å².